The molecule has 0 fully saturated rings. The van der Waals surface area contributed by atoms with E-state index in [1.54, 1.807) is 30.5 Å². The van der Waals surface area contributed by atoms with Crippen molar-refractivity contribution in [3.05, 3.63) is 64.7 Å². The first-order valence-corrected chi connectivity index (χ1v) is 7.02. The van der Waals surface area contributed by atoms with Crippen LogP contribution in [0.3, 0.4) is 0 Å². The Balaban J connectivity index is 1.84. The van der Waals surface area contributed by atoms with Crippen molar-refractivity contribution in [1.29, 1.82) is 0 Å². The van der Waals surface area contributed by atoms with Crippen LogP contribution in [0.25, 0.3) is 10.9 Å². The number of hydrogen-bond donors (Lipinski definition) is 0. The van der Waals surface area contributed by atoms with Gasteiger partial charge >= 0.3 is 6.18 Å². The van der Waals surface area contributed by atoms with Crippen LogP contribution in [-0.4, -0.2) is 27.5 Å². The van der Waals surface area contributed by atoms with Gasteiger partial charge in [-0.25, -0.2) is 4.68 Å². The van der Waals surface area contributed by atoms with Crippen LogP contribution in [0.2, 0.25) is 0 Å². The lowest BCUT2D eigenvalue weighted by Crippen LogP contribution is -2.23. The Kier molecular flexibility index (Phi) is 4.20. The molecule has 24 heavy (non-hydrogen) atoms. The van der Waals surface area contributed by atoms with E-state index in [-0.39, 0.29) is 17.9 Å². The molecule has 3 aromatic rings. The fourth-order valence-electron chi connectivity index (χ4n) is 2.20. The summed E-state index contributed by atoms with van der Waals surface area (Å²) in [4.78, 5) is 16.4. The largest absolute Gasteiger partial charge is 0.484 e. The minimum atomic E-state index is -4.40. The average Bonchev–Trinajstić information content (AvgIpc) is 2.56. The fraction of sp³-hybridized carbons (Fsp3) is 0.188. The first-order valence-electron chi connectivity index (χ1n) is 7.02. The number of nitrogens with zero attached hydrogens (tertiary/aromatic N) is 3. The molecule has 0 amide bonds. The Hall–Kier alpha value is -2.90. The standard InChI is InChI=1S/C16H12F3N3O2/c17-16(18,19)10-24-12-4-1-3-11(7-12)9-22-15(23)13-5-2-6-20-14(13)8-21-22/h1-8H,9-10H2. The Bertz CT molecular complexity index is 922. The number of pyridine rings is 1. The summed E-state index contributed by atoms with van der Waals surface area (Å²) >= 11 is 0. The number of fused-ring (bicyclic) bond motifs is 1. The molecule has 0 spiro atoms. The van der Waals surface area contributed by atoms with Crippen LogP contribution in [-0.2, 0) is 6.54 Å². The molecule has 5 nitrogen and oxygen atoms in total. The third kappa shape index (κ3) is 3.70. The van der Waals surface area contributed by atoms with Crippen LogP contribution in [0, 0.1) is 0 Å². The molecule has 2 heterocycles. The van der Waals surface area contributed by atoms with Gasteiger partial charge in [-0.1, -0.05) is 12.1 Å². The van der Waals surface area contributed by atoms with Crippen molar-refractivity contribution in [2.24, 2.45) is 0 Å². The van der Waals surface area contributed by atoms with Gasteiger partial charge < -0.3 is 4.74 Å². The second kappa shape index (κ2) is 6.31. The van der Waals surface area contributed by atoms with Gasteiger partial charge in [0.05, 0.1) is 23.6 Å². The highest BCUT2D eigenvalue weighted by Gasteiger charge is 2.28. The zero-order valence-electron chi connectivity index (χ0n) is 12.3. The predicted octanol–water partition coefficient (Wildman–Crippen LogP) is 2.78. The van der Waals surface area contributed by atoms with Gasteiger partial charge in [0, 0.05) is 6.20 Å². The summed E-state index contributed by atoms with van der Waals surface area (Å²) in [5, 5.41) is 4.47. The van der Waals surface area contributed by atoms with Crippen LogP contribution in [0.15, 0.2) is 53.6 Å². The van der Waals surface area contributed by atoms with E-state index < -0.39 is 12.8 Å². The first-order chi connectivity index (χ1) is 11.4. The Labute approximate surface area is 134 Å². The van der Waals surface area contributed by atoms with Crippen LogP contribution in [0.1, 0.15) is 5.56 Å². The monoisotopic (exact) mass is 335 g/mol. The maximum atomic E-state index is 12.4. The zero-order chi connectivity index (χ0) is 17.2. The van der Waals surface area contributed by atoms with Gasteiger partial charge in [-0.2, -0.15) is 18.3 Å². The number of ether oxygens (including phenoxy) is 1. The number of hydrogen-bond acceptors (Lipinski definition) is 4. The molecule has 0 bridgehead atoms. The second-order valence-corrected chi connectivity index (χ2v) is 5.09. The number of rotatable bonds is 4. The van der Waals surface area contributed by atoms with Crippen molar-refractivity contribution in [2.75, 3.05) is 6.61 Å². The topological polar surface area (TPSA) is 57.0 Å². The molecule has 8 heteroatoms. The van der Waals surface area contributed by atoms with Gasteiger partial charge in [-0.3, -0.25) is 9.78 Å². The summed E-state index contributed by atoms with van der Waals surface area (Å²) in [6.07, 6.45) is -1.37. The number of benzene rings is 1. The van der Waals surface area contributed by atoms with Crippen LogP contribution < -0.4 is 10.3 Å². The van der Waals surface area contributed by atoms with Gasteiger partial charge in [0.2, 0.25) is 0 Å². The maximum Gasteiger partial charge on any atom is 0.422 e. The lowest BCUT2D eigenvalue weighted by Gasteiger charge is -2.11. The number of alkyl halides is 3. The molecule has 124 valence electrons. The molecule has 0 aliphatic rings. The summed E-state index contributed by atoms with van der Waals surface area (Å²) in [6, 6.07) is 9.42. The van der Waals surface area contributed by atoms with Crippen LogP contribution in [0.5, 0.6) is 5.75 Å². The molecule has 2 aromatic heterocycles. The Morgan fingerprint density at radius 1 is 1.17 bits per heavy atom. The average molecular weight is 335 g/mol. The van der Waals surface area contributed by atoms with Crippen molar-refractivity contribution < 1.29 is 17.9 Å². The lowest BCUT2D eigenvalue weighted by atomic mass is 10.2. The van der Waals surface area contributed by atoms with E-state index in [9.17, 15) is 18.0 Å². The minimum absolute atomic E-state index is 0.0836. The van der Waals surface area contributed by atoms with Crippen LogP contribution in [0.4, 0.5) is 13.2 Å². The number of halogens is 3. The molecule has 0 aliphatic heterocycles. The van der Waals surface area contributed by atoms with Gasteiger partial charge in [0.25, 0.3) is 5.56 Å². The molecule has 0 N–H and O–H groups in total. The Morgan fingerprint density at radius 2 is 2.00 bits per heavy atom. The van der Waals surface area contributed by atoms with Crippen molar-refractivity contribution >= 4 is 10.9 Å². The summed E-state index contributed by atoms with van der Waals surface area (Å²) < 4.78 is 42.5. The minimum Gasteiger partial charge on any atom is -0.484 e. The van der Waals surface area contributed by atoms with Gasteiger partial charge in [0.1, 0.15) is 5.75 Å². The molecule has 3 rings (SSSR count). The van der Waals surface area contributed by atoms with Gasteiger partial charge in [0.15, 0.2) is 6.61 Å². The molecule has 0 saturated carbocycles. The number of aromatic nitrogens is 3. The van der Waals surface area contributed by atoms with E-state index >= 15 is 0 Å². The van der Waals surface area contributed by atoms with Crippen molar-refractivity contribution in [3.8, 4) is 5.75 Å². The third-order valence-corrected chi connectivity index (χ3v) is 3.26. The highest BCUT2D eigenvalue weighted by atomic mass is 19.4. The van der Waals surface area contributed by atoms with E-state index in [1.807, 2.05) is 0 Å². The van der Waals surface area contributed by atoms with Crippen molar-refractivity contribution in [1.82, 2.24) is 14.8 Å². The molecule has 0 atom stereocenters. The SMILES string of the molecule is O=c1c2cccnc2cnn1Cc1cccc(OCC(F)(F)F)c1. The summed E-state index contributed by atoms with van der Waals surface area (Å²) in [5.41, 5.74) is 0.774. The zero-order valence-corrected chi connectivity index (χ0v) is 12.3. The van der Waals surface area contributed by atoms with E-state index in [1.165, 1.54) is 23.0 Å². The third-order valence-electron chi connectivity index (χ3n) is 3.26. The summed E-state index contributed by atoms with van der Waals surface area (Å²) in [5.74, 6) is 0.0836. The molecular weight excluding hydrogens is 323 g/mol. The molecule has 1 aromatic carbocycles. The first kappa shape index (κ1) is 16.0. The Morgan fingerprint density at radius 3 is 2.79 bits per heavy atom. The van der Waals surface area contributed by atoms with Gasteiger partial charge in [-0.15, -0.1) is 0 Å². The van der Waals surface area contributed by atoms with E-state index in [2.05, 4.69) is 10.1 Å². The second-order valence-electron chi connectivity index (χ2n) is 5.09. The van der Waals surface area contributed by atoms with Crippen LogP contribution >= 0.6 is 0 Å². The normalized spacial score (nSPS) is 11.6. The summed E-state index contributed by atoms with van der Waals surface area (Å²) in [7, 11) is 0. The molecular formula is C16H12F3N3O2. The lowest BCUT2D eigenvalue weighted by molar-refractivity contribution is -0.153. The molecule has 0 saturated heterocycles. The molecule has 0 aliphatic carbocycles. The van der Waals surface area contributed by atoms with E-state index in [0.717, 1.165) is 0 Å². The van der Waals surface area contributed by atoms with Crippen molar-refractivity contribution in [3.63, 3.8) is 0 Å². The highest BCUT2D eigenvalue weighted by molar-refractivity contribution is 5.75. The van der Waals surface area contributed by atoms with E-state index in [0.29, 0.717) is 16.5 Å². The smallest absolute Gasteiger partial charge is 0.422 e. The fourth-order valence-corrected chi connectivity index (χ4v) is 2.20. The quantitative estimate of drug-likeness (QED) is 0.736. The van der Waals surface area contributed by atoms with Gasteiger partial charge in [-0.05, 0) is 29.8 Å². The highest BCUT2D eigenvalue weighted by Crippen LogP contribution is 2.19. The maximum absolute atomic E-state index is 12.4. The van der Waals surface area contributed by atoms with E-state index in [4.69, 9.17) is 4.74 Å². The molecule has 0 unspecified atom stereocenters. The predicted molar refractivity (Wildman–Crippen MR) is 80.9 cm³/mol. The molecule has 0 radical (unpaired) electrons. The van der Waals surface area contributed by atoms with Crippen molar-refractivity contribution in [2.45, 2.75) is 12.7 Å². The summed E-state index contributed by atoms with van der Waals surface area (Å²) in [6.45, 7) is -1.25.